The van der Waals surface area contributed by atoms with Crippen LogP contribution in [0.15, 0.2) is 12.4 Å². The Morgan fingerprint density at radius 3 is 2.62 bits per heavy atom. The molecule has 0 fully saturated rings. The second-order valence-electron chi connectivity index (χ2n) is 3.95. The van der Waals surface area contributed by atoms with Crippen LogP contribution in [0.4, 0.5) is 5.95 Å². The molecule has 1 aromatic heterocycles. The summed E-state index contributed by atoms with van der Waals surface area (Å²) in [6, 6.07) is 0. The maximum atomic E-state index is 5.47. The van der Waals surface area contributed by atoms with E-state index in [1.54, 1.807) is 12.4 Å². The molecule has 0 aliphatic rings. The third kappa shape index (κ3) is 6.22. The largest absolute Gasteiger partial charge is 0.380 e. The fourth-order valence-corrected chi connectivity index (χ4v) is 1.34. The zero-order chi connectivity index (χ0) is 11.8. The molecule has 0 amide bonds. The van der Waals surface area contributed by atoms with Crippen LogP contribution in [0.2, 0.25) is 0 Å². The molecule has 0 aliphatic heterocycles. The zero-order valence-electron chi connectivity index (χ0n) is 9.74. The highest BCUT2D eigenvalue weighted by Crippen LogP contribution is 2.02. The quantitative estimate of drug-likeness (QED) is 0.615. The lowest BCUT2D eigenvalue weighted by atomic mass is 10.1. The third-order valence-electron chi connectivity index (χ3n) is 1.99. The van der Waals surface area contributed by atoms with E-state index in [4.69, 9.17) is 4.74 Å². The van der Waals surface area contributed by atoms with E-state index in [1.807, 2.05) is 0 Å². The normalized spacial score (nSPS) is 10.8. The van der Waals surface area contributed by atoms with E-state index in [1.165, 1.54) is 0 Å². The molecule has 1 N–H and O–H groups in total. The molecule has 4 nitrogen and oxygen atoms in total. The summed E-state index contributed by atoms with van der Waals surface area (Å²) < 4.78 is 6.51. The molecule has 16 heavy (non-hydrogen) atoms. The van der Waals surface area contributed by atoms with Crippen molar-refractivity contribution >= 4 is 28.5 Å². The number of aromatic nitrogens is 2. The molecule has 1 heterocycles. The number of nitrogens with one attached hydrogen (secondary N) is 1. The van der Waals surface area contributed by atoms with Gasteiger partial charge in [-0.1, -0.05) is 13.8 Å². The number of ether oxygens (including phenoxy) is 1. The fourth-order valence-electron chi connectivity index (χ4n) is 1.06. The summed E-state index contributed by atoms with van der Waals surface area (Å²) in [4.78, 5) is 8.28. The lowest BCUT2D eigenvalue weighted by molar-refractivity contribution is 0.132. The zero-order valence-corrected chi connectivity index (χ0v) is 11.9. The van der Waals surface area contributed by atoms with Crippen LogP contribution >= 0.6 is 22.6 Å². The van der Waals surface area contributed by atoms with Crippen LogP contribution in [0.25, 0.3) is 0 Å². The Kier molecular flexibility index (Phi) is 6.63. The third-order valence-corrected chi connectivity index (χ3v) is 2.55. The van der Waals surface area contributed by atoms with Crippen molar-refractivity contribution in [2.24, 2.45) is 5.92 Å². The van der Waals surface area contributed by atoms with E-state index in [-0.39, 0.29) is 0 Å². The molecule has 0 saturated heterocycles. The summed E-state index contributed by atoms with van der Waals surface area (Å²) in [6.45, 7) is 6.66. The molecule has 5 heteroatoms. The highest BCUT2D eigenvalue weighted by molar-refractivity contribution is 14.1. The van der Waals surface area contributed by atoms with Crippen LogP contribution in [0, 0.1) is 9.49 Å². The number of rotatable bonds is 7. The lowest BCUT2D eigenvalue weighted by Gasteiger charge is -2.07. The van der Waals surface area contributed by atoms with Crippen molar-refractivity contribution in [2.45, 2.75) is 20.3 Å². The number of hydrogen-bond donors (Lipinski definition) is 1. The van der Waals surface area contributed by atoms with Crippen molar-refractivity contribution in [3.8, 4) is 0 Å². The summed E-state index contributed by atoms with van der Waals surface area (Å²) >= 11 is 2.18. The number of halogens is 1. The van der Waals surface area contributed by atoms with E-state index in [9.17, 15) is 0 Å². The van der Waals surface area contributed by atoms with Crippen molar-refractivity contribution in [2.75, 3.05) is 25.1 Å². The van der Waals surface area contributed by atoms with Gasteiger partial charge in [-0.2, -0.15) is 0 Å². The van der Waals surface area contributed by atoms with Crippen LogP contribution in [-0.2, 0) is 4.74 Å². The fraction of sp³-hybridized carbons (Fsp3) is 0.636. The van der Waals surface area contributed by atoms with Gasteiger partial charge in [0.25, 0.3) is 0 Å². The van der Waals surface area contributed by atoms with Crippen LogP contribution in [0.5, 0.6) is 0 Å². The van der Waals surface area contributed by atoms with E-state index >= 15 is 0 Å². The topological polar surface area (TPSA) is 47.0 Å². The minimum atomic E-state index is 0.660. The van der Waals surface area contributed by atoms with Gasteiger partial charge in [0, 0.05) is 29.1 Å². The second kappa shape index (κ2) is 7.78. The summed E-state index contributed by atoms with van der Waals surface area (Å²) in [5.74, 6) is 1.36. The Bertz CT molecular complexity index is 290. The minimum absolute atomic E-state index is 0.660. The SMILES string of the molecule is CC(C)CCOCCNc1ncc(I)cn1. The van der Waals surface area contributed by atoms with Gasteiger partial charge in [-0.15, -0.1) is 0 Å². The van der Waals surface area contributed by atoms with Crippen LogP contribution in [-0.4, -0.2) is 29.7 Å². The van der Waals surface area contributed by atoms with Crippen LogP contribution in [0.1, 0.15) is 20.3 Å². The van der Waals surface area contributed by atoms with E-state index in [2.05, 4.69) is 51.7 Å². The van der Waals surface area contributed by atoms with Gasteiger partial charge in [-0.25, -0.2) is 9.97 Å². The Hall–Kier alpha value is -0.430. The van der Waals surface area contributed by atoms with Gasteiger partial charge < -0.3 is 10.1 Å². The molecule has 1 aromatic rings. The number of nitrogens with zero attached hydrogens (tertiary/aromatic N) is 2. The molecular weight excluding hydrogens is 317 g/mol. The van der Waals surface area contributed by atoms with Gasteiger partial charge in [-0.3, -0.25) is 0 Å². The molecule has 0 unspecified atom stereocenters. The highest BCUT2D eigenvalue weighted by atomic mass is 127. The first kappa shape index (κ1) is 13.6. The Balaban J connectivity index is 2.05. The lowest BCUT2D eigenvalue weighted by Crippen LogP contribution is -2.12. The predicted octanol–water partition coefficient (Wildman–Crippen LogP) is 2.56. The summed E-state index contributed by atoms with van der Waals surface area (Å²) in [5, 5.41) is 3.11. The monoisotopic (exact) mass is 335 g/mol. The first-order valence-electron chi connectivity index (χ1n) is 5.47. The average Bonchev–Trinajstić information content (AvgIpc) is 2.25. The minimum Gasteiger partial charge on any atom is -0.380 e. The maximum absolute atomic E-state index is 5.47. The first-order valence-corrected chi connectivity index (χ1v) is 6.55. The number of anilines is 1. The Morgan fingerprint density at radius 2 is 2.00 bits per heavy atom. The molecule has 0 bridgehead atoms. The smallest absolute Gasteiger partial charge is 0.222 e. The standard InChI is InChI=1S/C11H18IN3O/c1-9(2)3-5-16-6-4-13-11-14-7-10(12)8-15-11/h7-9H,3-6H2,1-2H3,(H,13,14,15). The predicted molar refractivity (Wildman–Crippen MR) is 73.5 cm³/mol. The first-order chi connectivity index (χ1) is 7.68. The van der Waals surface area contributed by atoms with Crippen molar-refractivity contribution in [3.05, 3.63) is 16.0 Å². The molecule has 90 valence electrons. The van der Waals surface area contributed by atoms with E-state index in [0.717, 1.165) is 23.1 Å². The van der Waals surface area contributed by atoms with Gasteiger partial charge in [-0.05, 0) is 34.9 Å². The van der Waals surface area contributed by atoms with Gasteiger partial charge in [0.15, 0.2) is 0 Å². The molecule has 0 saturated carbocycles. The maximum Gasteiger partial charge on any atom is 0.222 e. The van der Waals surface area contributed by atoms with Gasteiger partial charge in [0.05, 0.1) is 6.61 Å². The van der Waals surface area contributed by atoms with E-state index < -0.39 is 0 Å². The van der Waals surface area contributed by atoms with Crippen molar-refractivity contribution in [3.63, 3.8) is 0 Å². The summed E-state index contributed by atoms with van der Waals surface area (Å²) in [7, 11) is 0. The Morgan fingerprint density at radius 1 is 1.31 bits per heavy atom. The Labute approximate surface area is 110 Å². The molecule has 1 rings (SSSR count). The number of hydrogen-bond acceptors (Lipinski definition) is 4. The summed E-state index contributed by atoms with van der Waals surface area (Å²) in [5.41, 5.74) is 0. The van der Waals surface area contributed by atoms with Crippen molar-refractivity contribution < 1.29 is 4.74 Å². The second-order valence-corrected chi connectivity index (χ2v) is 5.19. The molecule has 0 atom stereocenters. The summed E-state index contributed by atoms with van der Waals surface area (Å²) in [6.07, 6.45) is 4.69. The van der Waals surface area contributed by atoms with Crippen LogP contribution in [0.3, 0.4) is 0 Å². The molecule has 0 aromatic carbocycles. The van der Waals surface area contributed by atoms with E-state index in [0.29, 0.717) is 18.5 Å². The molecule has 0 radical (unpaired) electrons. The molecular formula is C11H18IN3O. The average molecular weight is 335 g/mol. The van der Waals surface area contributed by atoms with Crippen molar-refractivity contribution in [1.82, 2.24) is 9.97 Å². The molecule has 0 spiro atoms. The van der Waals surface area contributed by atoms with Gasteiger partial charge in [0.1, 0.15) is 0 Å². The highest BCUT2D eigenvalue weighted by Gasteiger charge is 1.96. The van der Waals surface area contributed by atoms with Crippen LogP contribution < -0.4 is 5.32 Å². The van der Waals surface area contributed by atoms with Gasteiger partial charge >= 0.3 is 0 Å². The molecule has 0 aliphatic carbocycles. The van der Waals surface area contributed by atoms with Crippen molar-refractivity contribution in [1.29, 1.82) is 0 Å². The van der Waals surface area contributed by atoms with Gasteiger partial charge in [0.2, 0.25) is 5.95 Å².